The normalized spacial score (nSPS) is 10.1. The molecule has 0 saturated heterocycles. The maximum absolute atomic E-state index is 12.0. The molecule has 0 atom stereocenters. The van der Waals surface area contributed by atoms with Gasteiger partial charge in [0, 0.05) is 11.4 Å². The van der Waals surface area contributed by atoms with E-state index < -0.39 is 0 Å². The summed E-state index contributed by atoms with van der Waals surface area (Å²) in [5, 5.41) is 2.88. The molecule has 0 unspecified atom stereocenters. The molecule has 0 aromatic heterocycles. The van der Waals surface area contributed by atoms with Crippen LogP contribution in [-0.2, 0) is 11.2 Å². The molecule has 3 N–H and O–H groups in total. The number of hydrogen-bond donors (Lipinski definition) is 2. The van der Waals surface area contributed by atoms with E-state index in [4.69, 9.17) is 10.5 Å². The van der Waals surface area contributed by atoms with Crippen LogP contribution < -0.4 is 15.8 Å². The monoisotopic (exact) mass is 348 g/mol. The summed E-state index contributed by atoms with van der Waals surface area (Å²) in [7, 11) is 0. The summed E-state index contributed by atoms with van der Waals surface area (Å²) >= 11 is 0. The van der Waals surface area contributed by atoms with Gasteiger partial charge in [0.15, 0.2) is 0 Å². The number of carbonyl (C=O) groups is 1. The van der Waals surface area contributed by atoms with Gasteiger partial charge in [-0.25, -0.2) is 0 Å². The molecule has 0 aliphatic rings. The van der Waals surface area contributed by atoms with E-state index in [0.717, 1.165) is 23.4 Å². The lowest BCUT2D eigenvalue weighted by Gasteiger charge is -2.09. The van der Waals surface area contributed by atoms with E-state index >= 15 is 0 Å². The third-order valence-corrected chi connectivity index (χ3v) is 3.45. The molecular weight excluding hydrogens is 324 g/mol. The van der Waals surface area contributed by atoms with Crippen LogP contribution in [0.1, 0.15) is 25.8 Å². The number of nitrogens with one attached hydrogen (secondary N) is 1. The van der Waals surface area contributed by atoms with Crippen molar-refractivity contribution in [3.05, 3.63) is 54.1 Å². The quantitative estimate of drug-likeness (QED) is 0.733. The minimum absolute atomic E-state index is 0. The van der Waals surface area contributed by atoms with Crippen LogP contribution in [0, 0.1) is 5.92 Å². The lowest BCUT2D eigenvalue weighted by Crippen LogP contribution is -2.14. The fourth-order valence-corrected chi connectivity index (χ4v) is 2.07. The molecule has 2 aromatic rings. The number of anilines is 2. The Kier molecular flexibility index (Phi) is 8.13. The Bertz CT molecular complexity index is 625. The highest BCUT2D eigenvalue weighted by Gasteiger charge is 2.04. The van der Waals surface area contributed by atoms with Crippen LogP contribution in [0.4, 0.5) is 11.4 Å². The van der Waals surface area contributed by atoms with Crippen molar-refractivity contribution in [2.45, 2.75) is 26.7 Å². The zero-order chi connectivity index (χ0) is 16.7. The Hall–Kier alpha value is -2.20. The summed E-state index contributed by atoms with van der Waals surface area (Å²) in [6.07, 6.45) is 1.35. The van der Waals surface area contributed by atoms with Gasteiger partial charge in [0.1, 0.15) is 5.75 Å². The Balaban J connectivity index is 0.00000288. The molecule has 24 heavy (non-hydrogen) atoms. The number of nitrogen functional groups attached to an aromatic ring is 1. The van der Waals surface area contributed by atoms with Crippen LogP contribution in [0.5, 0.6) is 5.75 Å². The van der Waals surface area contributed by atoms with E-state index in [9.17, 15) is 4.79 Å². The number of amides is 1. The van der Waals surface area contributed by atoms with Crippen molar-refractivity contribution >= 4 is 29.7 Å². The summed E-state index contributed by atoms with van der Waals surface area (Å²) in [5.41, 5.74) is 8.03. The van der Waals surface area contributed by atoms with Gasteiger partial charge in [-0.2, -0.15) is 0 Å². The Labute approximate surface area is 149 Å². The maximum atomic E-state index is 12.0. The smallest absolute Gasteiger partial charge is 0.228 e. The first-order valence-electron chi connectivity index (χ1n) is 7.90. The highest BCUT2D eigenvalue weighted by molar-refractivity contribution is 5.92. The Morgan fingerprint density at radius 2 is 1.71 bits per heavy atom. The average Bonchev–Trinajstić information content (AvgIpc) is 2.51. The third-order valence-electron chi connectivity index (χ3n) is 3.45. The third kappa shape index (κ3) is 6.92. The van der Waals surface area contributed by atoms with Gasteiger partial charge in [-0.15, -0.1) is 12.4 Å². The van der Waals surface area contributed by atoms with Gasteiger partial charge >= 0.3 is 0 Å². The zero-order valence-electron chi connectivity index (χ0n) is 14.1. The van der Waals surface area contributed by atoms with Gasteiger partial charge in [-0.1, -0.05) is 26.0 Å². The van der Waals surface area contributed by atoms with Crippen molar-refractivity contribution in [3.8, 4) is 5.75 Å². The lowest BCUT2D eigenvalue weighted by molar-refractivity contribution is -0.115. The zero-order valence-corrected chi connectivity index (χ0v) is 14.9. The molecule has 0 heterocycles. The van der Waals surface area contributed by atoms with Gasteiger partial charge in [-0.05, 0) is 54.3 Å². The van der Waals surface area contributed by atoms with Crippen molar-refractivity contribution < 1.29 is 9.53 Å². The fraction of sp³-hybridized carbons (Fsp3) is 0.316. The van der Waals surface area contributed by atoms with Crippen LogP contribution in [0.3, 0.4) is 0 Å². The van der Waals surface area contributed by atoms with Crippen molar-refractivity contribution in [1.82, 2.24) is 0 Å². The van der Waals surface area contributed by atoms with Crippen LogP contribution in [0.15, 0.2) is 48.5 Å². The second-order valence-electron chi connectivity index (χ2n) is 6.02. The summed E-state index contributed by atoms with van der Waals surface area (Å²) in [6, 6.07) is 14.8. The number of halogens is 1. The van der Waals surface area contributed by atoms with E-state index in [1.807, 2.05) is 36.4 Å². The summed E-state index contributed by atoms with van der Waals surface area (Å²) in [5.74, 6) is 1.40. The summed E-state index contributed by atoms with van der Waals surface area (Å²) in [4.78, 5) is 12.0. The molecule has 2 aromatic carbocycles. The first-order valence-corrected chi connectivity index (χ1v) is 7.90. The molecule has 0 saturated carbocycles. The standard InChI is InChI=1S/C19H24N2O2.ClH/c1-14(2)11-12-23-18-9-7-17(8-10-18)21-19(22)13-15-3-5-16(20)6-4-15;/h3-10,14H,11-13,20H2,1-2H3,(H,21,22);1H. The van der Waals surface area contributed by atoms with Crippen LogP contribution in [0.2, 0.25) is 0 Å². The minimum Gasteiger partial charge on any atom is -0.494 e. The topological polar surface area (TPSA) is 64.3 Å². The number of nitrogens with two attached hydrogens (primary N) is 1. The van der Waals surface area contributed by atoms with Crippen LogP contribution in [0.25, 0.3) is 0 Å². The molecule has 0 aliphatic heterocycles. The molecule has 0 spiro atoms. The Morgan fingerprint density at radius 3 is 2.29 bits per heavy atom. The second kappa shape index (κ2) is 9.83. The van der Waals surface area contributed by atoms with Crippen LogP contribution in [-0.4, -0.2) is 12.5 Å². The minimum atomic E-state index is -0.0525. The average molecular weight is 349 g/mol. The molecule has 4 nitrogen and oxygen atoms in total. The highest BCUT2D eigenvalue weighted by atomic mass is 35.5. The van der Waals surface area contributed by atoms with E-state index in [2.05, 4.69) is 19.2 Å². The van der Waals surface area contributed by atoms with E-state index in [1.165, 1.54) is 0 Å². The molecule has 0 fully saturated rings. The lowest BCUT2D eigenvalue weighted by atomic mass is 10.1. The number of hydrogen-bond acceptors (Lipinski definition) is 3. The van der Waals surface area contributed by atoms with E-state index in [0.29, 0.717) is 24.6 Å². The molecule has 130 valence electrons. The van der Waals surface area contributed by atoms with Gasteiger partial charge < -0.3 is 15.8 Å². The number of rotatable bonds is 7. The van der Waals surface area contributed by atoms with Gasteiger partial charge in [0.2, 0.25) is 5.91 Å². The van der Waals surface area contributed by atoms with Gasteiger partial charge in [-0.3, -0.25) is 4.79 Å². The molecule has 5 heteroatoms. The fourth-order valence-electron chi connectivity index (χ4n) is 2.07. The van der Waals surface area contributed by atoms with E-state index in [1.54, 1.807) is 12.1 Å². The van der Waals surface area contributed by atoms with Crippen molar-refractivity contribution in [2.24, 2.45) is 5.92 Å². The number of ether oxygens (including phenoxy) is 1. The summed E-state index contributed by atoms with van der Waals surface area (Å²) < 4.78 is 5.66. The molecule has 0 radical (unpaired) electrons. The summed E-state index contributed by atoms with van der Waals surface area (Å²) in [6.45, 7) is 5.05. The van der Waals surface area contributed by atoms with Gasteiger partial charge in [0.05, 0.1) is 13.0 Å². The first kappa shape index (κ1) is 19.8. The molecule has 0 aliphatic carbocycles. The van der Waals surface area contributed by atoms with Crippen molar-refractivity contribution in [2.75, 3.05) is 17.7 Å². The predicted molar refractivity (Wildman–Crippen MR) is 102 cm³/mol. The van der Waals surface area contributed by atoms with Crippen molar-refractivity contribution in [1.29, 1.82) is 0 Å². The molecule has 0 bridgehead atoms. The first-order chi connectivity index (χ1) is 11.0. The molecule has 2 rings (SSSR count). The molecular formula is C19H25ClN2O2. The maximum Gasteiger partial charge on any atom is 0.228 e. The second-order valence-corrected chi connectivity index (χ2v) is 6.02. The van der Waals surface area contributed by atoms with E-state index in [-0.39, 0.29) is 18.3 Å². The largest absolute Gasteiger partial charge is 0.494 e. The predicted octanol–water partition coefficient (Wildman–Crippen LogP) is 4.30. The SMILES string of the molecule is CC(C)CCOc1ccc(NC(=O)Cc2ccc(N)cc2)cc1.Cl. The van der Waals surface area contributed by atoms with Gasteiger partial charge in [0.25, 0.3) is 0 Å². The van der Waals surface area contributed by atoms with Crippen molar-refractivity contribution in [3.63, 3.8) is 0 Å². The van der Waals surface area contributed by atoms with Crippen LogP contribution >= 0.6 is 12.4 Å². The Morgan fingerprint density at radius 1 is 1.08 bits per heavy atom. The highest BCUT2D eigenvalue weighted by Crippen LogP contribution is 2.17. The number of benzene rings is 2. The number of carbonyl (C=O) groups excluding carboxylic acids is 1. The molecule has 1 amide bonds.